The first-order chi connectivity index (χ1) is 6.29. The summed E-state index contributed by atoms with van der Waals surface area (Å²) < 4.78 is 0. The lowest BCUT2D eigenvalue weighted by molar-refractivity contribution is 0.630. The van der Waals surface area contributed by atoms with Crippen molar-refractivity contribution in [3.63, 3.8) is 0 Å². The fourth-order valence-corrected chi connectivity index (χ4v) is 1.35. The Balaban J connectivity index is 3.09. The zero-order chi connectivity index (χ0) is 10.9. The zero-order valence-electron chi connectivity index (χ0n) is 8.03. The van der Waals surface area contributed by atoms with E-state index < -0.39 is 0 Å². The third-order valence-electron chi connectivity index (χ3n) is 1.28. The minimum absolute atomic E-state index is 0.0751. The Hall–Kier alpha value is -0.250. The Labute approximate surface area is 97.8 Å². The molecule has 1 rings (SSSR count). The van der Waals surface area contributed by atoms with Crippen molar-refractivity contribution in [1.82, 2.24) is 9.97 Å². The maximum absolute atomic E-state index is 5.89. The number of nitrogens with zero attached hydrogens (tertiary/aromatic N) is 2. The average molecular weight is 255 g/mol. The van der Waals surface area contributed by atoms with Gasteiger partial charge >= 0.3 is 0 Å². The number of hydrogen-bond donors (Lipinski definition) is 1. The van der Waals surface area contributed by atoms with E-state index in [2.05, 4.69) is 15.3 Å². The molecule has 0 aliphatic heterocycles. The van der Waals surface area contributed by atoms with E-state index in [1.165, 1.54) is 0 Å². The van der Waals surface area contributed by atoms with Gasteiger partial charge in [-0.1, -0.05) is 23.2 Å². The summed E-state index contributed by atoms with van der Waals surface area (Å²) in [6.45, 7) is 5.94. The lowest BCUT2D eigenvalue weighted by Gasteiger charge is -2.22. The van der Waals surface area contributed by atoms with Gasteiger partial charge in [-0.15, -0.1) is 0 Å². The van der Waals surface area contributed by atoms with Gasteiger partial charge in [0.15, 0.2) is 11.0 Å². The van der Waals surface area contributed by atoms with Crippen LogP contribution < -0.4 is 5.32 Å². The predicted octanol–water partition coefficient (Wildman–Crippen LogP) is 3.65. The second-order valence-electron chi connectivity index (χ2n) is 3.82. The van der Waals surface area contributed by atoms with Gasteiger partial charge in [-0.3, -0.25) is 0 Å². The van der Waals surface area contributed by atoms with Crippen molar-refractivity contribution in [3.8, 4) is 0 Å². The molecule has 0 saturated carbocycles. The van der Waals surface area contributed by atoms with E-state index in [0.717, 1.165) is 0 Å². The van der Waals surface area contributed by atoms with Crippen LogP contribution in [0.15, 0.2) is 0 Å². The Morgan fingerprint density at radius 3 is 2.14 bits per heavy atom. The third kappa shape index (κ3) is 3.15. The van der Waals surface area contributed by atoms with Crippen molar-refractivity contribution in [3.05, 3.63) is 15.5 Å². The van der Waals surface area contributed by atoms with Gasteiger partial charge in [0.05, 0.1) is 0 Å². The maximum atomic E-state index is 5.89. The van der Waals surface area contributed by atoms with Crippen LogP contribution in [0.5, 0.6) is 0 Å². The van der Waals surface area contributed by atoms with Crippen LogP contribution in [0.4, 0.5) is 5.82 Å². The Morgan fingerprint density at radius 1 is 1.07 bits per heavy atom. The molecule has 14 heavy (non-hydrogen) atoms. The molecule has 1 N–H and O–H groups in total. The molecule has 0 saturated heterocycles. The lowest BCUT2D eigenvalue weighted by atomic mass is 10.1. The molecule has 0 atom stereocenters. The summed E-state index contributed by atoms with van der Waals surface area (Å²) in [6, 6.07) is 0. The third-order valence-corrected chi connectivity index (χ3v) is 2.17. The summed E-state index contributed by atoms with van der Waals surface area (Å²) in [6.07, 6.45) is 0. The first-order valence-electron chi connectivity index (χ1n) is 3.96. The van der Waals surface area contributed by atoms with Gasteiger partial charge in [0.2, 0.25) is 5.28 Å². The molecule has 78 valence electrons. The number of hydrogen-bond acceptors (Lipinski definition) is 3. The van der Waals surface area contributed by atoms with Crippen molar-refractivity contribution in [2.24, 2.45) is 0 Å². The van der Waals surface area contributed by atoms with Gasteiger partial charge in [-0.25, -0.2) is 4.98 Å². The van der Waals surface area contributed by atoms with Gasteiger partial charge in [0.25, 0.3) is 0 Å². The summed E-state index contributed by atoms with van der Waals surface area (Å²) >= 11 is 17.3. The molecule has 1 aromatic rings. The average Bonchev–Trinajstić information content (AvgIpc) is 1.96. The van der Waals surface area contributed by atoms with Crippen LogP contribution in [-0.4, -0.2) is 15.5 Å². The van der Waals surface area contributed by atoms with E-state index in [1.54, 1.807) is 0 Å². The largest absolute Gasteiger partial charge is 0.364 e. The molecular formula is C8H10Cl3N3. The van der Waals surface area contributed by atoms with E-state index in [9.17, 15) is 0 Å². The van der Waals surface area contributed by atoms with Crippen LogP contribution in [0.1, 0.15) is 20.8 Å². The molecule has 0 spiro atoms. The normalized spacial score (nSPS) is 11.6. The van der Waals surface area contributed by atoms with Gasteiger partial charge in [-0.2, -0.15) is 4.98 Å². The Kier molecular flexibility index (Phi) is 3.45. The van der Waals surface area contributed by atoms with E-state index in [-0.39, 0.29) is 21.0 Å². The molecule has 1 aromatic heterocycles. The Morgan fingerprint density at radius 2 is 1.64 bits per heavy atom. The number of anilines is 1. The van der Waals surface area contributed by atoms with Crippen LogP contribution >= 0.6 is 34.8 Å². The molecule has 3 nitrogen and oxygen atoms in total. The first-order valence-corrected chi connectivity index (χ1v) is 5.10. The van der Waals surface area contributed by atoms with Crippen LogP contribution in [0.3, 0.4) is 0 Å². The molecule has 0 aliphatic rings. The van der Waals surface area contributed by atoms with E-state index in [1.807, 2.05) is 20.8 Å². The summed E-state index contributed by atoms with van der Waals surface area (Å²) in [5.74, 6) is 0.448. The first kappa shape index (κ1) is 11.8. The van der Waals surface area contributed by atoms with Gasteiger partial charge < -0.3 is 5.32 Å². The molecule has 0 unspecified atom stereocenters. The maximum Gasteiger partial charge on any atom is 0.225 e. The minimum atomic E-state index is -0.162. The predicted molar refractivity (Wildman–Crippen MR) is 60.4 cm³/mol. The second-order valence-corrected chi connectivity index (χ2v) is 4.90. The van der Waals surface area contributed by atoms with Crippen molar-refractivity contribution in [2.45, 2.75) is 26.3 Å². The smallest absolute Gasteiger partial charge is 0.225 e. The van der Waals surface area contributed by atoms with Gasteiger partial charge in [0.1, 0.15) is 5.02 Å². The molecule has 0 bridgehead atoms. The molecule has 1 heterocycles. The van der Waals surface area contributed by atoms with E-state index in [4.69, 9.17) is 34.8 Å². The number of halogens is 3. The lowest BCUT2D eigenvalue weighted by Crippen LogP contribution is -2.27. The number of rotatable bonds is 1. The highest BCUT2D eigenvalue weighted by Gasteiger charge is 2.16. The molecule has 0 aromatic carbocycles. The monoisotopic (exact) mass is 253 g/mol. The van der Waals surface area contributed by atoms with Crippen LogP contribution in [0.2, 0.25) is 15.5 Å². The fourth-order valence-electron chi connectivity index (χ4n) is 0.832. The van der Waals surface area contributed by atoms with Crippen molar-refractivity contribution < 1.29 is 0 Å². The van der Waals surface area contributed by atoms with E-state index >= 15 is 0 Å². The van der Waals surface area contributed by atoms with Crippen molar-refractivity contribution >= 4 is 40.6 Å². The molecule has 0 fully saturated rings. The van der Waals surface area contributed by atoms with Crippen molar-refractivity contribution in [1.29, 1.82) is 0 Å². The molecule has 0 aliphatic carbocycles. The number of aromatic nitrogens is 2. The van der Waals surface area contributed by atoms with Gasteiger partial charge in [-0.05, 0) is 32.4 Å². The Bertz CT molecular complexity index is 346. The van der Waals surface area contributed by atoms with Crippen LogP contribution in [0, 0.1) is 0 Å². The number of nitrogens with one attached hydrogen (secondary N) is 1. The summed E-state index contributed by atoms with van der Waals surface area (Å²) in [4.78, 5) is 7.66. The molecular weight excluding hydrogens is 244 g/mol. The standard InChI is InChI=1S/C8H10Cl3N3/c1-8(2,3)14-6-4(9)5(10)12-7(11)13-6/h1-3H3,(H,12,13,14). The summed E-state index contributed by atoms with van der Waals surface area (Å²) in [5, 5.41) is 3.59. The zero-order valence-corrected chi connectivity index (χ0v) is 10.3. The fraction of sp³-hybridized carbons (Fsp3) is 0.500. The van der Waals surface area contributed by atoms with E-state index in [0.29, 0.717) is 5.82 Å². The molecule has 6 heteroatoms. The molecule has 0 radical (unpaired) electrons. The highest BCUT2D eigenvalue weighted by molar-refractivity contribution is 6.43. The summed E-state index contributed by atoms with van der Waals surface area (Å²) in [5.41, 5.74) is -0.162. The highest BCUT2D eigenvalue weighted by Crippen LogP contribution is 2.29. The minimum Gasteiger partial charge on any atom is -0.364 e. The SMILES string of the molecule is CC(C)(C)Nc1nc(Cl)nc(Cl)c1Cl. The quantitative estimate of drug-likeness (QED) is 0.614. The van der Waals surface area contributed by atoms with Crippen molar-refractivity contribution in [2.75, 3.05) is 5.32 Å². The second kappa shape index (κ2) is 4.09. The topological polar surface area (TPSA) is 37.8 Å². The van der Waals surface area contributed by atoms with Crippen LogP contribution in [0.25, 0.3) is 0 Å². The molecule has 0 amide bonds. The van der Waals surface area contributed by atoms with Gasteiger partial charge in [0, 0.05) is 5.54 Å². The summed E-state index contributed by atoms with van der Waals surface area (Å²) in [7, 11) is 0. The van der Waals surface area contributed by atoms with Crippen LogP contribution in [-0.2, 0) is 0 Å². The highest BCUT2D eigenvalue weighted by atomic mass is 35.5.